The van der Waals surface area contributed by atoms with E-state index in [0.717, 1.165) is 17.0 Å². The summed E-state index contributed by atoms with van der Waals surface area (Å²) < 4.78 is 36.0. The maximum absolute atomic E-state index is 13.5. The SMILES string of the molecule is Cc1cc(F)c(C(=O)N(C)C)cc1S(N)(=O)=O. The summed E-state index contributed by atoms with van der Waals surface area (Å²) in [6, 6.07) is 1.94. The molecule has 0 saturated heterocycles. The summed E-state index contributed by atoms with van der Waals surface area (Å²) in [5.74, 6) is -1.39. The summed E-state index contributed by atoms with van der Waals surface area (Å²) in [6.45, 7) is 1.41. The van der Waals surface area contributed by atoms with E-state index in [-0.39, 0.29) is 16.0 Å². The number of halogens is 1. The van der Waals surface area contributed by atoms with E-state index >= 15 is 0 Å². The molecule has 5 nitrogen and oxygen atoms in total. The van der Waals surface area contributed by atoms with Crippen LogP contribution in [0.2, 0.25) is 0 Å². The highest BCUT2D eigenvalue weighted by Gasteiger charge is 2.20. The molecule has 2 N–H and O–H groups in total. The number of primary sulfonamides is 1. The van der Waals surface area contributed by atoms with Crippen LogP contribution in [0.5, 0.6) is 0 Å². The quantitative estimate of drug-likeness (QED) is 0.840. The average molecular weight is 260 g/mol. The van der Waals surface area contributed by atoms with Crippen molar-refractivity contribution in [1.29, 1.82) is 0 Å². The maximum Gasteiger partial charge on any atom is 0.256 e. The summed E-state index contributed by atoms with van der Waals surface area (Å²) in [5.41, 5.74) is -0.148. The largest absolute Gasteiger partial charge is 0.345 e. The van der Waals surface area contributed by atoms with Crippen molar-refractivity contribution >= 4 is 15.9 Å². The van der Waals surface area contributed by atoms with Crippen LogP contribution in [0.25, 0.3) is 0 Å². The molecule has 0 bridgehead atoms. The molecule has 1 aromatic carbocycles. The summed E-state index contributed by atoms with van der Waals surface area (Å²) in [4.78, 5) is 12.5. The van der Waals surface area contributed by atoms with E-state index < -0.39 is 21.7 Å². The van der Waals surface area contributed by atoms with Crippen LogP contribution in [-0.4, -0.2) is 33.3 Å². The van der Waals surface area contributed by atoms with E-state index in [1.54, 1.807) is 0 Å². The molecule has 0 aromatic heterocycles. The molecule has 17 heavy (non-hydrogen) atoms. The van der Waals surface area contributed by atoms with Gasteiger partial charge in [-0.25, -0.2) is 17.9 Å². The lowest BCUT2D eigenvalue weighted by molar-refractivity contribution is 0.0823. The lowest BCUT2D eigenvalue weighted by Gasteiger charge is -2.13. The van der Waals surface area contributed by atoms with Gasteiger partial charge in [0.15, 0.2) is 0 Å². The number of amides is 1. The second-order valence-electron chi connectivity index (χ2n) is 3.84. The third-order valence-corrected chi connectivity index (χ3v) is 3.26. The number of carbonyl (C=O) groups is 1. The predicted molar refractivity (Wildman–Crippen MR) is 60.5 cm³/mol. The van der Waals surface area contributed by atoms with Crippen LogP contribution >= 0.6 is 0 Å². The van der Waals surface area contributed by atoms with Gasteiger partial charge in [-0.05, 0) is 24.6 Å². The number of nitrogens with zero attached hydrogens (tertiary/aromatic N) is 1. The Kier molecular flexibility index (Phi) is 3.53. The van der Waals surface area contributed by atoms with Crippen LogP contribution in [-0.2, 0) is 10.0 Å². The number of carbonyl (C=O) groups excluding carboxylic acids is 1. The van der Waals surface area contributed by atoms with Crippen LogP contribution in [0.15, 0.2) is 17.0 Å². The Morgan fingerprint density at radius 3 is 2.29 bits per heavy atom. The molecule has 0 aliphatic heterocycles. The van der Waals surface area contributed by atoms with Crippen molar-refractivity contribution in [2.24, 2.45) is 5.14 Å². The Morgan fingerprint density at radius 2 is 1.88 bits per heavy atom. The van der Waals surface area contributed by atoms with Crippen molar-refractivity contribution in [1.82, 2.24) is 4.90 Å². The summed E-state index contributed by atoms with van der Waals surface area (Å²) in [5, 5.41) is 4.98. The maximum atomic E-state index is 13.5. The zero-order valence-corrected chi connectivity index (χ0v) is 10.5. The normalized spacial score (nSPS) is 11.4. The Hall–Kier alpha value is -1.47. The molecular weight excluding hydrogens is 247 g/mol. The molecule has 0 atom stereocenters. The van der Waals surface area contributed by atoms with Gasteiger partial charge in [-0.1, -0.05) is 0 Å². The molecular formula is C10H13FN2O3S. The van der Waals surface area contributed by atoms with Gasteiger partial charge in [0.05, 0.1) is 10.5 Å². The second-order valence-corrected chi connectivity index (χ2v) is 5.37. The molecule has 0 fully saturated rings. The van der Waals surface area contributed by atoms with E-state index in [0.29, 0.717) is 0 Å². The van der Waals surface area contributed by atoms with Gasteiger partial charge < -0.3 is 4.90 Å². The van der Waals surface area contributed by atoms with Crippen molar-refractivity contribution in [3.8, 4) is 0 Å². The first-order valence-corrected chi connectivity index (χ1v) is 6.24. The van der Waals surface area contributed by atoms with Crippen molar-refractivity contribution in [2.45, 2.75) is 11.8 Å². The molecule has 0 unspecified atom stereocenters. The summed E-state index contributed by atoms with van der Waals surface area (Å²) in [6.07, 6.45) is 0. The fourth-order valence-corrected chi connectivity index (χ4v) is 2.15. The fraction of sp³-hybridized carbons (Fsp3) is 0.300. The summed E-state index contributed by atoms with van der Waals surface area (Å²) in [7, 11) is -1.08. The van der Waals surface area contributed by atoms with E-state index in [9.17, 15) is 17.6 Å². The fourth-order valence-electron chi connectivity index (χ4n) is 1.36. The van der Waals surface area contributed by atoms with Crippen LogP contribution in [0.3, 0.4) is 0 Å². The molecule has 0 spiro atoms. The van der Waals surface area contributed by atoms with E-state index in [1.165, 1.54) is 21.0 Å². The highest BCUT2D eigenvalue weighted by molar-refractivity contribution is 7.89. The highest BCUT2D eigenvalue weighted by atomic mass is 32.2. The monoisotopic (exact) mass is 260 g/mol. The van der Waals surface area contributed by atoms with Gasteiger partial charge in [-0.2, -0.15) is 0 Å². The van der Waals surface area contributed by atoms with Crippen LogP contribution in [0.1, 0.15) is 15.9 Å². The van der Waals surface area contributed by atoms with Crippen LogP contribution < -0.4 is 5.14 Å². The first-order valence-electron chi connectivity index (χ1n) is 4.69. The van der Waals surface area contributed by atoms with Crippen molar-refractivity contribution in [3.05, 3.63) is 29.1 Å². The number of hydrogen-bond acceptors (Lipinski definition) is 3. The van der Waals surface area contributed by atoms with Gasteiger partial charge in [-0.15, -0.1) is 0 Å². The number of aryl methyl sites for hydroxylation is 1. The molecule has 0 saturated carbocycles. The van der Waals surface area contributed by atoms with Crippen molar-refractivity contribution in [3.63, 3.8) is 0 Å². The molecule has 1 amide bonds. The molecule has 0 heterocycles. The van der Waals surface area contributed by atoms with Crippen LogP contribution in [0, 0.1) is 12.7 Å². The lowest BCUT2D eigenvalue weighted by Crippen LogP contribution is -2.24. The first kappa shape index (κ1) is 13.6. The number of sulfonamides is 1. The Bertz CT molecular complexity index is 567. The number of hydrogen-bond donors (Lipinski definition) is 1. The third-order valence-electron chi connectivity index (χ3n) is 2.21. The Labute approximate surface area is 99.1 Å². The highest BCUT2D eigenvalue weighted by Crippen LogP contribution is 2.19. The molecule has 1 aromatic rings. The third kappa shape index (κ3) is 2.80. The summed E-state index contributed by atoms with van der Waals surface area (Å²) >= 11 is 0. The van der Waals surface area contributed by atoms with Gasteiger partial charge in [-0.3, -0.25) is 4.79 Å². The zero-order chi connectivity index (χ0) is 13.4. The van der Waals surface area contributed by atoms with E-state index in [2.05, 4.69) is 0 Å². The second kappa shape index (κ2) is 4.42. The number of benzene rings is 1. The minimum absolute atomic E-state index is 0.167. The zero-order valence-electron chi connectivity index (χ0n) is 9.69. The molecule has 0 aliphatic carbocycles. The smallest absolute Gasteiger partial charge is 0.256 e. The number of rotatable bonds is 2. The average Bonchev–Trinajstić information content (AvgIpc) is 2.14. The van der Waals surface area contributed by atoms with Gasteiger partial charge >= 0.3 is 0 Å². The minimum atomic E-state index is -3.97. The van der Waals surface area contributed by atoms with Gasteiger partial charge in [0, 0.05) is 14.1 Å². The van der Waals surface area contributed by atoms with Gasteiger partial charge in [0.1, 0.15) is 5.82 Å². The van der Waals surface area contributed by atoms with Gasteiger partial charge in [0.2, 0.25) is 10.0 Å². The van der Waals surface area contributed by atoms with E-state index in [1.807, 2.05) is 0 Å². The van der Waals surface area contributed by atoms with Crippen molar-refractivity contribution < 1.29 is 17.6 Å². The lowest BCUT2D eigenvalue weighted by atomic mass is 10.1. The Balaban J connectivity index is 3.50. The predicted octanol–water partition coefficient (Wildman–Crippen LogP) is 0.483. The Morgan fingerprint density at radius 1 is 1.35 bits per heavy atom. The molecule has 94 valence electrons. The minimum Gasteiger partial charge on any atom is -0.345 e. The number of nitrogens with two attached hydrogens (primary N) is 1. The topological polar surface area (TPSA) is 80.5 Å². The molecule has 7 heteroatoms. The van der Waals surface area contributed by atoms with Crippen molar-refractivity contribution in [2.75, 3.05) is 14.1 Å². The standard InChI is InChI=1S/C10H13FN2O3S/c1-6-4-8(11)7(10(14)13(2)3)5-9(6)17(12,15)16/h4-5H,1-3H3,(H2,12,15,16). The van der Waals surface area contributed by atoms with Crippen LogP contribution in [0.4, 0.5) is 4.39 Å². The molecule has 0 radical (unpaired) electrons. The first-order chi connectivity index (χ1) is 7.64. The molecule has 0 aliphatic rings. The van der Waals surface area contributed by atoms with Gasteiger partial charge in [0.25, 0.3) is 5.91 Å². The molecule has 1 rings (SSSR count). The van der Waals surface area contributed by atoms with E-state index in [4.69, 9.17) is 5.14 Å².